The number of piperidine rings is 1. The smallest absolute Gasteiger partial charge is 0.263 e. The van der Waals surface area contributed by atoms with Crippen molar-refractivity contribution >= 4 is 5.91 Å². The van der Waals surface area contributed by atoms with E-state index in [1.54, 1.807) is 15.7 Å². The van der Waals surface area contributed by atoms with Crippen molar-refractivity contribution in [2.24, 2.45) is 0 Å². The molecule has 2 fully saturated rings. The molecule has 0 atom stereocenters. The fourth-order valence-corrected chi connectivity index (χ4v) is 4.36. The Kier molecular flexibility index (Phi) is 7.21. The summed E-state index contributed by atoms with van der Waals surface area (Å²) in [7, 11) is 0. The van der Waals surface area contributed by atoms with Crippen LogP contribution in [0, 0.1) is 6.92 Å². The summed E-state index contributed by atoms with van der Waals surface area (Å²) in [5.74, 6) is 0.484. The first-order chi connectivity index (χ1) is 15.1. The largest absolute Gasteiger partial charge is 0.467 e. The standard InChI is InChI=1S/C23H32N4O4/c1-18-6-9-27(19-4-7-24-8-5-19)23(29)21(18)22(28)26(17-20-3-2-14-31-20)11-10-25-12-15-30-16-13-25/h2-3,6,9,14,19,24H,4-5,7-8,10-13,15-17H2,1H3. The van der Waals surface area contributed by atoms with Crippen molar-refractivity contribution in [3.8, 4) is 0 Å². The average Bonchev–Trinajstić information content (AvgIpc) is 3.31. The average molecular weight is 429 g/mol. The van der Waals surface area contributed by atoms with E-state index in [1.165, 1.54) is 0 Å². The summed E-state index contributed by atoms with van der Waals surface area (Å²) in [6.07, 6.45) is 5.24. The van der Waals surface area contributed by atoms with Gasteiger partial charge in [-0.25, -0.2) is 0 Å². The molecule has 168 valence electrons. The molecule has 0 aromatic carbocycles. The third-order valence-corrected chi connectivity index (χ3v) is 6.25. The Labute approximate surface area is 182 Å². The van der Waals surface area contributed by atoms with E-state index < -0.39 is 0 Å². The molecule has 4 rings (SSSR count). The van der Waals surface area contributed by atoms with Crippen LogP contribution >= 0.6 is 0 Å². The van der Waals surface area contributed by atoms with Gasteiger partial charge in [0.15, 0.2) is 0 Å². The first-order valence-corrected chi connectivity index (χ1v) is 11.2. The highest BCUT2D eigenvalue weighted by Gasteiger charge is 2.26. The summed E-state index contributed by atoms with van der Waals surface area (Å²) in [4.78, 5) is 31.1. The fourth-order valence-electron chi connectivity index (χ4n) is 4.36. The van der Waals surface area contributed by atoms with E-state index in [-0.39, 0.29) is 23.1 Å². The van der Waals surface area contributed by atoms with Gasteiger partial charge in [-0.05, 0) is 56.6 Å². The number of aromatic nitrogens is 1. The molecule has 2 aliphatic rings. The number of ether oxygens (including phenoxy) is 1. The number of hydrogen-bond donors (Lipinski definition) is 1. The Morgan fingerprint density at radius 2 is 2.00 bits per heavy atom. The molecule has 1 N–H and O–H groups in total. The first-order valence-electron chi connectivity index (χ1n) is 11.2. The van der Waals surface area contributed by atoms with Crippen LogP contribution in [0.3, 0.4) is 0 Å². The lowest BCUT2D eigenvalue weighted by atomic mass is 10.0. The van der Waals surface area contributed by atoms with Crippen LogP contribution < -0.4 is 10.9 Å². The van der Waals surface area contributed by atoms with E-state index in [2.05, 4.69) is 10.2 Å². The number of carbonyl (C=O) groups is 1. The topological polar surface area (TPSA) is 80.0 Å². The van der Waals surface area contributed by atoms with Gasteiger partial charge in [0.25, 0.3) is 11.5 Å². The number of nitrogens with one attached hydrogen (secondary N) is 1. The molecule has 0 radical (unpaired) electrons. The molecule has 4 heterocycles. The van der Waals surface area contributed by atoms with Gasteiger partial charge in [-0.3, -0.25) is 14.5 Å². The zero-order valence-electron chi connectivity index (χ0n) is 18.2. The summed E-state index contributed by atoms with van der Waals surface area (Å²) in [5, 5.41) is 3.33. The Balaban J connectivity index is 1.58. The Morgan fingerprint density at radius 3 is 2.71 bits per heavy atom. The maximum Gasteiger partial charge on any atom is 0.263 e. The van der Waals surface area contributed by atoms with Gasteiger partial charge in [0.2, 0.25) is 0 Å². The van der Waals surface area contributed by atoms with E-state index >= 15 is 0 Å². The number of hydrogen-bond acceptors (Lipinski definition) is 6. The van der Waals surface area contributed by atoms with E-state index in [0.717, 1.165) is 51.1 Å². The maximum absolute atomic E-state index is 13.6. The van der Waals surface area contributed by atoms with Gasteiger partial charge in [-0.15, -0.1) is 0 Å². The second-order valence-corrected chi connectivity index (χ2v) is 8.33. The van der Waals surface area contributed by atoms with Crippen molar-refractivity contribution in [2.75, 3.05) is 52.5 Å². The molecule has 31 heavy (non-hydrogen) atoms. The van der Waals surface area contributed by atoms with Crippen molar-refractivity contribution in [2.45, 2.75) is 32.4 Å². The molecule has 2 aliphatic heterocycles. The lowest BCUT2D eigenvalue weighted by Gasteiger charge is -2.30. The number of carbonyl (C=O) groups excluding carboxylic acids is 1. The highest BCUT2D eigenvalue weighted by molar-refractivity contribution is 5.95. The minimum Gasteiger partial charge on any atom is -0.467 e. The molecule has 0 aliphatic carbocycles. The van der Waals surface area contributed by atoms with Crippen LogP contribution in [-0.2, 0) is 11.3 Å². The van der Waals surface area contributed by atoms with E-state index in [9.17, 15) is 9.59 Å². The summed E-state index contributed by atoms with van der Waals surface area (Å²) in [6.45, 7) is 8.37. The van der Waals surface area contributed by atoms with E-state index in [0.29, 0.717) is 32.1 Å². The van der Waals surface area contributed by atoms with Gasteiger partial charge < -0.3 is 23.9 Å². The molecule has 0 spiro atoms. The van der Waals surface area contributed by atoms with Crippen LogP contribution in [0.2, 0.25) is 0 Å². The lowest BCUT2D eigenvalue weighted by Crippen LogP contribution is -2.44. The number of nitrogens with zero attached hydrogens (tertiary/aromatic N) is 3. The van der Waals surface area contributed by atoms with Crippen LogP contribution in [0.25, 0.3) is 0 Å². The molecule has 0 bridgehead atoms. The normalized spacial score (nSPS) is 18.2. The van der Waals surface area contributed by atoms with Crippen molar-refractivity contribution in [1.29, 1.82) is 0 Å². The van der Waals surface area contributed by atoms with Gasteiger partial charge >= 0.3 is 0 Å². The summed E-state index contributed by atoms with van der Waals surface area (Å²) >= 11 is 0. The highest BCUT2D eigenvalue weighted by atomic mass is 16.5. The summed E-state index contributed by atoms with van der Waals surface area (Å²) in [6, 6.07) is 5.70. The van der Waals surface area contributed by atoms with Crippen LogP contribution in [0.4, 0.5) is 0 Å². The van der Waals surface area contributed by atoms with Crippen LogP contribution in [0.15, 0.2) is 39.9 Å². The van der Waals surface area contributed by atoms with E-state index in [1.807, 2.05) is 31.3 Å². The van der Waals surface area contributed by atoms with Crippen molar-refractivity contribution in [3.63, 3.8) is 0 Å². The number of rotatable bonds is 7. The maximum atomic E-state index is 13.6. The monoisotopic (exact) mass is 428 g/mol. The molecule has 8 heteroatoms. The molecular formula is C23H32N4O4. The lowest BCUT2D eigenvalue weighted by molar-refractivity contribution is 0.0316. The molecular weight excluding hydrogens is 396 g/mol. The number of aryl methyl sites for hydroxylation is 1. The fraction of sp³-hybridized carbons (Fsp3) is 0.565. The summed E-state index contributed by atoms with van der Waals surface area (Å²) < 4.78 is 12.7. The van der Waals surface area contributed by atoms with Crippen LogP contribution in [-0.4, -0.2) is 72.8 Å². The zero-order chi connectivity index (χ0) is 21.6. The summed E-state index contributed by atoms with van der Waals surface area (Å²) in [5.41, 5.74) is 0.804. The predicted molar refractivity (Wildman–Crippen MR) is 117 cm³/mol. The highest BCUT2D eigenvalue weighted by Crippen LogP contribution is 2.18. The minimum absolute atomic E-state index is 0.132. The SMILES string of the molecule is Cc1ccn(C2CCNCC2)c(=O)c1C(=O)N(CCN1CCOCC1)Cc1ccco1. The minimum atomic E-state index is -0.226. The number of furan rings is 1. The van der Waals surface area contributed by atoms with Gasteiger partial charge in [-0.2, -0.15) is 0 Å². The van der Waals surface area contributed by atoms with Gasteiger partial charge in [0.05, 0.1) is 26.0 Å². The predicted octanol–water partition coefficient (Wildman–Crippen LogP) is 1.65. The zero-order valence-corrected chi connectivity index (χ0v) is 18.2. The molecule has 0 saturated carbocycles. The number of amides is 1. The van der Waals surface area contributed by atoms with Gasteiger partial charge in [-0.1, -0.05) is 0 Å². The number of pyridine rings is 1. The third kappa shape index (κ3) is 5.26. The Bertz CT molecular complexity index is 912. The quantitative estimate of drug-likeness (QED) is 0.722. The van der Waals surface area contributed by atoms with E-state index in [4.69, 9.17) is 9.15 Å². The Morgan fingerprint density at radius 1 is 1.23 bits per heavy atom. The van der Waals surface area contributed by atoms with Crippen LogP contribution in [0.1, 0.15) is 40.6 Å². The number of morpholine rings is 1. The Hall–Kier alpha value is -2.42. The molecule has 2 aromatic rings. The van der Waals surface area contributed by atoms with Crippen molar-refractivity contribution in [3.05, 3.63) is 57.9 Å². The van der Waals surface area contributed by atoms with Crippen molar-refractivity contribution in [1.82, 2.24) is 19.7 Å². The third-order valence-electron chi connectivity index (χ3n) is 6.25. The molecule has 2 saturated heterocycles. The second kappa shape index (κ2) is 10.3. The molecule has 2 aromatic heterocycles. The second-order valence-electron chi connectivity index (χ2n) is 8.33. The first kappa shape index (κ1) is 21.8. The molecule has 0 unspecified atom stereocenters. The van der Waals surface area contributed by atoms with Gasteiger partial charge in [0.1, 0.15) is 11.3 Å². The van der Waals surface area contributed by atoms with Gasteiger partial charge in [0, 0.05) is 38.4 Å². The molecule has 8 nitrogen and oxygen atoms in total. The van der Waals surface area contributed by atoms with Crippen molar-refractivity contribution < 1.29 is 13.9 Å². The molecule has 1 amide bonds. The van der Waals surface area contributed by atoms with Crippen LogP contribution in [0.5, 0.6) is 0 Å².